The number of methoxy groups -OCH3 is 1. The van der Waals surface area contributed by atoms with Gasteiger partial charge in [-0.2, -0.15) is 0 Å². The highest BCUT2D eigenvalue weighted by Crippen LogP contribution is 2.25. The van der Waals surface area contributed by atoms with E-state index in [9.17, 15) is 14.0 Å². The SMILES string of the molecule is COc1ccc(C(=O)NC(C(=O)Nc2nc(-c3ccc(F)cc3)cs2)C(C)C)cc1. The number of amides is 2. The molecule has 0 aliphatic heterocycles. The number of nitrogens with one attached hydrogen (secondary N) is 2. The quantitative estimate of drug-likeness (QED) is 0.587. The van der Waals surface area contributed by atoms with Crippen molar-refractivity contribution in [2.75, 3.05) is 12.4 Å². The molecule has 2 N–H and O–H groups in total. The second-order valence-electron chi connectivity index (χ2n) is 6.96. The molecule has 0 aliphatic carbocycles. The van der Waals surface area contributed by atoms with Gasteiger partial charge >= 0.3 is 0 Å². The molecule has 2 aromatic carbocycles. The molecule has 0 saturated heterocycles. The van der Waals surface area contributed by atoms with Crippen molar-refractivity contribution < 1.29 is 18.7 Å². The zero-order valence-electron chi connectivity index (χ0n) is 16.8. The van der Waals surface area contributed by atoms with Crippen LogP contribution in [-0.2, 0) is 4.79 Å². The Kier molecular flexibility index (Phi) is 6.79. The van der Waals surface area contributed by atoms with E-state index in [4.69, 9.17) is 4.74 Å². The topological polar surface area (TPSA) is 80.3 Å². The number of carbonyl (C=O) groups is 2. The van der Waals surface area contributed by atoms with Crippen LogP contribution in [0.2, 0.25) is 0 Å². The number of thiazole rings is 1. The second kappa shape index (κ2) is 9.49. The average molecular weight is 428 g/mol. The fourth-order valence-corrected chi connectivity index (χ4v) is 3.49. The molecule has 2 amide bonds. The summed E-state index contributed by atoms with van der Waals surface area (Å²) in [7, 11) is 1.55. The van der Waals surface area contributed by atoms with Crippen molar-refractivity contribution in [2.45, 2.75) is 19.9 Å². The molecule has 3 aromatic rings. The van der Waals surface area contributed by atoms with E-state index in [0.29, 0.717) is 22.1 Å². The molecule has 0 radical (unpaired) electrons. The molecule has 156 valence electrons. The fraction of sp³-hybridized carbons (Fsp3) is 0.227. The number of rotatable bonds is 7. The van der Waals surface area contributed by atoms with Crippen molar-refractivity contribution in [3.05, 3.63) is 65.3 Å². The van der Waals surface area contributed by atoms with E-state index < -0.39 is 6.04 Å². The Morgan fingerprint density at radius 3 is 2.33 bits per heavy atom. The molecule has 8 heteroatoms. The Morgan fingerprint density at radius 2 is 1.73 bits per heavy atom. The minimum absolute atomic E-state index is 0.135. The Morgan fingerprint density at radius 1 is 1.07 bits per heavy atom. The van der Waals surface area contributed by atoms with Gasteiger partial charge in [-0.15, -0.1) is 11.3 Å². The van der Waals surface area contributed by atoms with Crippen molar-refractivity contribution in [3.8, 4) is 17.0 Å². The van der Waals surface area contributed by atoms with Gasteiger partial charge in [0, 0.05) is 16.5 Å². The van der Waals surface area contributed by atoms with Gasteiger partial charge in [-0.1, -0.05) is 13.8 Å². The molecule has 0 spiro atoms. The first-order valence-corrected chi connectivity index (χ1v) is 10.2. The van der Waals surface area contributed by atoms with Gasteiger partial charge in [0.25, 0.3) is 5.91 Å². The molecule has 6 nitrogen and oxygen atoms in total. The summed E-state index contributed by atoms with van der Waals surface area (Å²) in [6, 6.07) is 11.9. The van der Waals surface area contributed by atoms with Gasteiger partial charge in [0.05, 0.1) is 12.8 Å². The van der Waals surface area contributed by atoms with Gasteiger partial charge in [0.15, 0.2) is 5.13 Å². The van der Waals surface area contributed by atoms with Crippen molar-refractivity contribution in [1.82, 2.24) is 10.3 Å². The van der Waals surface area contributed by atoms with Crippen molar-refractivity contribution in [3.63, 3.8) is 0 Å². The third kappa shape index (κ3) is 5.21. The fourth-order valence-electron chi connectivity index (χ4n) is 2.77. The van der Waals surface area contributed by atoms with E-state index >= 15 is 0 Å². The number of aromatic nitrogens is 1. The maximum absolute atomic E-state index is 13.1. The van der Waals surface area contributed by atoms with Crippen molar-refractivity contribution >= 4 is 28.3 Å². The van der Waals surface area contributed by atoms with E-state index in [0.717, 1.165) is 5.56 Å². The summed E-state index contributed by atoms with van der Waals surface area (Å²) in [5, 5.41) is 7.73. The predicted octanol–water partition coefficient (Wildman–Crippen LogP) is 4.35. The number of ether oxygens (including phenoxy) is 1. The maximum Gasteiger partial charge on any atom is 0.251 e. The van der Waals surface area contributed by atoms with Crippen LogP contribution in [0.1, 0.15) is 24.2 Å². The molecule has 0 aliphatic rings. The Hall–Kier alpha value is -3.26. The lowest BCUT2D eigenvalue weighted by molar-refractivity contribution is -0.118. The second-order valence-corrected chi connectivity index (χ2v) is 7.82. The summed E-state index contributed by atoms with van der Waals surface area (Å²) in [5.41, 5.74) is 1.82. The van der Waals surface area contributed by atoms with Crippen LogP contribution in [0.25, 0.3) is 11.3 Å². The number of hydrogen-bond acceptors (Lipinski definition) is 5. The van der Waals surface area contributed by atoms with Crippen LogP contribution in [0.4, 0.5) is 9.52 Å². The lowest BCUT2D eigenvalue weighted by atomic mass is 10.0. The van der Waals surface area contributed by atoms with Gasteiger partial charge in [0.2, 0.25) is 5.91 Å². The Labute approximate surface area is 178 Å². The molecular weight excluding hydrogens is 405 g/mol. The summed E-state index contributed by atoms with van der Waals surface area (Å²) >= 11 is 1.26. The third-order valence-electron chi connectivity index (χ3n) is 4.46. The summed E-state index contributed by atoms with van der Waals surface area (Å²) in [4.78, 5) is 29.7. The van der Waals surface area contributed by atoms with Gasteiger partial charge in [-0.3, -0.25) is 9.59 Å². The van der Waals surface area contributed by atoms with Crippen LogP contribution in [-0.4, -0.2) is 29.9 Å². The normalized spacial score (nSPS) is 11.8. The largest absolute Gasteiger partial charge is 0.497 e. The van der Waals surface area contributed by atoms with Gasteiger partial charge in [-0.05, 0) is 54.4 Å². The lowest BCUT2D eigenvalue weighted by Crippen LogP contribution is -2.47. The molecule has 1 unspecified atom stereocenters. The molecule has 1 atom stereocenters. The van der Waals surface area contributed by atoms with E-state index in [1.807, 2.05) is 13.8 Å². The highest BCUT2D eigenvalue weighted by atomic mass is 32.1. The van der Waals surface area contributed by atoms with Crippen LogP contribution in [0.5, 0.6) is 5.75 Å². The number of anilines is 1. The van der Waals surface area contributed by atoms with Crippen LogP contribution in [0.15, 0.2) is 53.9 Å². The number of halogens is 1. The first-order chi connectivity index (χ1) is 14.4. The average Bonchev–Trinajstić information content (AvgIpc) is 3.20. The Balaban J connectivity index is 1.68. The molecule has 0 bridgehead atoms. The van der Waals surface area contributed by atoms with Crippen LogP contribution < -0.4 is 15.4 Å². The van der Waals surface area contributed by atoms with Gasteiger partial charge < -0.3 is 15.4 Å². The highest BCUT2D eigenvalue weighted by Gasteiger charge is 2.25. The first-order valence-electron chi connectivity index (χ1n) is 9.34. The van der Waals surface area contributed by atoms with Crippen LogP contribution in [0.3, 0.4) is 0 Å². The number of hydrogen-bond donors (Lipinski definition) is 2. The van der Waals surface area contributed by atoms with E-state index in [1.165, 1.54) is 23.5 Å². The maximum atomic E-state index is 13.1. The molecule has 1 heterocycles. The molecule has 0 saturated carbocycles. The van der Waals surface area contributed by atoms with Crippen LogP contribution in [0, 0.1) is 11.7 Å². The third-order valence-corrected chi connectivity index (χ3v) is 5.22. The predicted molar refractivity (Wildman–Crippen MR) is 115 cm³/mol. The summed E-state index contributed by atoms with van der Waals surface area (Å²) < 4.78 is 18.2. The minimum Gasteiger partial charge on any atom is -0.497 e. The number of benzene rings is 2. The van der Waals surface area contributed by atoms with Crippen molar-refractivity contribution in [2.24, 2.45) is 5.92 Å². The van der Waals surface area contributed by atoms with Gasteiger partial charge in [-0.25, -0.2) is 9.37 Å². The highest BCUT2D eigenvalue weighted by molar-refractivity contribution is 7.14. The molecule has 3 rings (SSSR count). The zero-order valence-corrected chi connectivity index (χ0v) is 17.6. The zero-order chi connectivity index (χ0) is 21.7. The minimum atomic E-state index is -0.738. The molecule has 0 fully saturated rings. The Bertz CT molecular complexity index is 1020. The molecular formula is C22H22FN3O3S. The summed E-state index contributed by atoms with van der Waals surface area (Å²) in [6.07, 6.45) is 0. The number of carbonyl (C=O) groups excluding carboxylic acids is 2. The van der Waals surface area contributed by atoms with Gasteiger partial charge in [0.1, 0.15) is 17.6 Å². The van der Waals surface area contributed by atoms with E-state index in [1.54, 1.807) is 48.9 Å². The first kappa shape index (κ1) is 21.4. The molecule has 30 heavy (non-hydrogen) atoms. The smallest absolute Gasteiger partial charge is 0.251 e. The van der Waals surface area contributed by atoms with Crippen LogP contribution >= 0.6 is 11.3 Å². The van der Waals surface area contributed by atoms with Crippen molar-refractivity contribution in [1.29, 1.82) is 0 Å². The number of nitrogens with zero attached hydrogens (tertiary/aromatic N) is 1. The monoisotopic (exact) mass is 427 g/mol. The van der Waals surface area contributed by atoms with E-state index in [-0.39, 0.29) is 23.5 Å². The summed E-state index contributed by atoms with van der Waals surface area (Å²) in [6.45, 7) is 3.70. The lowest BCUT2D eigenvalue weighted by Gasteiger charge is -2.21. The van der Waals surface area contributed by atoms with E-state index in [2.05, 4.69) is 15.6 Å². The standard InChI is InChI=1S/C22H22FN3O3S/c1-13(2)19(25-20(27)15-6-10-17(29-3)11-7-15)21(28)26-22-24-18(12-30-22)14-4-8-16(23)9-5-14/h4-13,19H,1-3H3,(H,25,27)(H,24,26,28). The summed E-state index contributed by atoms with van der Waals surface area (Å²) in [5.74, 6) is -0.520. The molecule has 1 aromatic heterocycles.